The molecule has 0 bridgehead atoms. The van der Waals surface area contributed by atoms with Crippen molar-refractivity contribution < 1.29 is 0 Å². The van der Waals surface area contributed by atoms with Crippen LogP contribution in [0.1, 0.15) is 5.56 Å². The van der Waals surface area contributed by atoms with Crippen molar-refractivity contribution in [2.75, 3.05) is 13.6 Å². The van der Waals surface area contributed by atoms with Crippen LogP contribution in [0.15, 0.2) is 30.5 Å². The zero-order chi connectivity index (χ0) is 11.4. The first-order valence-corrected chi connectivity index (χ1v) is 5.51. The Morgan fingerprint density at radius 3 is 2.94 bits per heavy atom. The quantitative estimate of drug-likeness (QED) is 0.767. The van der Waals surface area contributed by atoms with Crippen LogP contribution in [0.5, 0.6) is 0 Å². The lowest BCUT2D eigenvalue weighted by molar-refractivity contribution is 0.788. The van der Waals surface area contributed by atoms with Crippen LogP contribution < -0.4 is 5.32 Å². The molecule has 0 unspecified atom stereocenters. The van der Waals surface area contributed by atoms with E-state index in [1.807, 2.05) is 7.05 Å². The molecule has 0 saturated carbocycles. The Bertz CT molecular complexity index is 517. The van der Waals surface area contributed by atoms with Crippen molar-refractivity contribution in [3.8, 4) is 12.3 Å². The molecule has 1 N–H and O–H groups in total. The molecular formula is C14H16N2. The van der Waals surface area contributed by atoms with Crippen molar-refractivity contribution in [1.82, 2.24) is 9.88 Å². The summed E-state index contributed by atoms with van der Waals surface area (Å²) in [6.45, 7) is 1.63. The summed E-state index contributed by atoms with van der Waals surface area (Å²) in [6, 6.07) is 8.41. The first kappa shape index (κ1) is 10.8. The molecule has 2 heteroatoms. The van der Waals surface area contributed by atoms with Crippen LogP contribution in [0, 0.1) is 12.3 Å². The van der Waals surface area contributed by atoms with Gasteiger partial charge in [0, 0.05) is 17.1 Å². The van der Waals surface area contributed by atoms with E-state index in [4.69, 9.17) is 6.42 Å². The largest absolute Gasteiger partial charge is 0.336 e. The first-order valence-electron chi connectivity index (χ1n) is 5.51. The van der Waals surface area contributed by atoms with Gasteiger partial charge in [-0.2, -0.15) is 0 Å². The number of likely N-dealkylation sites (N-methyl/N-ethyl adjacent to an activating group) is 1. The van der Waals surface area contributed by atoms with Crippen LogP contribution >= 0.6 is 0 Å². The van der Waals surface area contributed by atoms with Crippen LogP contribution in [-0.4, -0.2) is 18.2 Å². The van der Waals surface area contributed by atoms with Gasteiger partial charge < -0.3 is 9.88 Å². The van der Waals surface area contributed by atoms with E-state index in [0.717, 1.165) is 13.0 Å². The molecule has 2 rings (SSSR count). The van der Waals surface area contributed by atoms with Gasteiger partial charge in [-0.3, -0.25) is 0 Å². The Kier molecular flexibility index (Phi) is 3.28. The third kappa shape index (κ3) is 1.95. The van der Waals surface area contributed by atoms with Crippen molar-refractivity contribution >= 4 is 10.9 Å². The molecule has 0 spiro atoms. The number of nitrogens with one attached hydrogen (secondary N) is 1. The summed E-state index contributed by atoms with van der Waals surface area (Å²) in [5.74, 6) is 2.69. The maximum Gasteiger partial charge on any atom is 0.0835 e. The molecule has 2 aromatic rings. The Hall–Kier alpha value is -1.72. The lowest BCUT2D eigenvalue weighted by Crippen LogP contribution is -2.09. The van der Waals surface area contributed by atoms with E-state index in [9.17, 15) is 0 Å². The van der Waals surface area contributed by atoms with Crippen molar-refractivity contribution in [2.45, 2.75) is 13.0 Å². The van der Waals surface area contributed by atoms with Crippen LogP contribution in [0.25, 0.3) is 10.9 Å². The Morgan fingerprint density at radius 2 is 2.19 bits per heavy atom. The number of hydrogen-bond acceptors (Lipinski definition) is 1. The third-order valence-corrected chi connectivity index (χ3v) is 2.78. The predicted octanol–water partition coefficient (Wildman–Crippen LogP) is 2.04. The van der Waals surface area contributed by atoms with E-state index in [1.165, 1.54) is 16.5 Å². The van der Waals surface area contributed by atoms with Crippen LogP contribution in [0.4, 0.5) is 0 Å². The summed E-state index contributed by atoms with van der Waals surface area (Å²) < 4.78 is 2.14. The van der Waals surface area contributed by atoms with Gasteiger partial charge in [0.25, 0.3) is 0 Å². The molecule has 16 heavy (non-hydrogen) atoms. The Labute approximate surface area is 96.3 Å². The smallest absolute Gasteiger partial charge is 0.0835 e. The summed E-state index contributed by atoms with van der Waals surface area (Å²) in [5.41, 5.74) is 2.59. The minimum atomic E-state index is 0.639. The highest BCUT2D eigenvalue weighted by atomic mass is 14.9. The van der Waals surface area contributed by atoms with Gasteiger partial charge in [-0.1, -0.05) is 24.1 Å². The fourth-order valence-corrected chi connectivity index (χ4v) is 2.01. The number of nitrogens with zero attached hydrogens (tertiary/aromatic N) is 1. The number of rotatable bonds is 4. The second kappa shape index (κ2) is 4.87. The molecule has 0 fully saturated rings. The minimum absolute atomic E-state index is 0.639. The molecule has 0 amide bonds. The van der Waals surface area contributed by atoms with Gasteiger partial charge >= 0.3 is 0 Å². The zero-order valence-electron chi connectivity index (χ0n) is 9.53. The van der Waals surface area contributed by atoms with Gasteiger partial charge in [0.05, 0.1) is 6.54 Å². The molecule has 0 radical (unpaired) electrons. The number of hydrogen-bond donors (Lipinski definition) is 1. The molecule has 1 aromatic heterocycles. The van der Waals surface area contributed by atoms with Crippen LogP contribution in [0.2, 0.25) is 0 Å². The molecule has 0 saturated heterocycles. The average molecular weight is 212 g/mol. The van der Waals surface area contributed by atoms with Gasteiger partial charge in [-0.25, -0.2) is 0 Å². The lowest BCUT2D eigenvalue weighted by Gasteiger charge is -1.97. The van der Waals surface area contributed by atoms with Gasteiger partial charge in [0.15, 0.2) is 0 Å². The van der Waals surface area contributed by atoms with Gasteiger partial charge in [0.1, 0.15) is 0 Å². The van der Waals surface area contributed by atoms with Gasteiger partial charge in [-0.15, -0.1) is 6.42 Å². The summed E-state index contributed by atoms with van der Waals surface area (Å²) in [6.07, 6.45) is 8.58. The van der Waals surface area contributed by atoms with Crippen LogP contribution in [-0.2, 0) is 13.0 Å². The molecule has 82 valence electrons. The second-order valence-corrected chi connectivity index (χ2v) is 3.86. The molecular weight excluding hydrogens is 196 g/mol. The van der Waals surface area contributed by atoms with Crippen molar-refractivity contribution in [3.05, 3.63) is 36.0 Å². The number of para-hydroxylation sites is 1. The van der Waals surface area contributed by atoms with E-state index in [1.54, 1.807) is 0 Å². The van der Waals surface area contributed by atoms with E-state index in [0.29, 0.717) is 6.54 Å². The summed E-state index contributed by atoms with van der Waals surface area (Å²) in [7, 11) is 1.97. The highest BCUT2D eigenvalue weighted by Gasteiger charge is 2.06. The number of terminal acetylenes is 1. The van der Waals surface area contributed by atoms with E-state index in [2.05, 4.69) is 46.3 Å². The van der Waals surface area contributed by atoms with Crippen molar-refractivity contribution in [1.29, 1.82) is 0 Å². The maximum absolute atomic E-state index is 5.38. The maximum atomic E-state index is 5.38. The number of fused-ring (bicyclic) bond motifs is 1. The van der Waals surface area contributed by atoms with Crippen molar-refractivity contribution in [3.63, 3.8) is 0 Å². The van der Waals surface area contributed by atoms with Crippen molar-refractivity contribution in [2.24, 2.45) is 0 Å². The molecule has 1 aromatic carbocycles. The molecule has 0 aliphatic rings. The monoisotopic (exact) mass is 212 g/mol. The normalized spacial score (nSPS) is 10.5. The fraction of sp³-hybridized carbons (Fsp3) is 0.286. The minimum Gasteiger partial charge on any atom is -0.336 e. The third-order valence-electron chi connectivity index (χ3n) is 2.78. The molecule has 1 heterocycles. The average Bonchev–Trinajstić information content (AvgIpc) is 2.66. The first-order chi connectivity index (χ1) is 7.86. The predicted molar refractivity (Wildman–Crippen MR) is 68.4 cm³/mol. The topological polar surface area (TPSA) is 17.0 Å². The van der Waals surface area contributed by atoms with Gasteiger partial charge in [0.2, 0.25) is 0 Å². The fourth-order valence-electron chi connectivity index (χ4n) is 2.01. The SMILES string of the molecule is C#CCn1cc(CCNC)c2ccccc21. The Morgan fingerprint density at radius 1 is 1.38 bits per heavy atom. The molecule has 0 atom stereocenters. The zero-order valence-corrected chi connectivity index (χ0v) is 9.53. The molecule has 0 aliphatic carbocycles. The van der Waals surface area contributed by atoms with E-state index >= 15 is 0 Å². The number of aromatic nitrogens is 1. The molecule has 0 aliphatic heterocycles. The number of benzene rings is 1. The summed E-state index contributed by atoms with van der Waals surface area (Å²) >= 11 is 0. The second-order valence-electron chi connectivity index (χ2n) is 3.86. The molecule has 2 nitrogen and oxygen atoms in total. The summed E-state index contributed by atoms with van der Waals surface area (Å²) in [4.78, 5) is 0. The van der Waals surface area contributed by atoms with E-state index < -0.39 is 0 Å². The summed E-state index contributed by atoms with van der Waals surface area (Å²) in [5, 5.41) is 4.49. The lowest BCUT2D eigenvalue weighted by atomic mass is 10.1. The van der Waals surface area contributed by atoms with Crippen LogP contribution in [0.3, 0.4) is 0 Å². The van der Waals surface area contributed by atoms with Gasteiger partial charge in [-0.05, 0) is 31.6 Å². The standard InChI is InChI=1S/C14H16N2/c1-3-10-16-11-12(8-9-15-2)13-6-4-5-7-14(13)16/h1,4-7,11,15H,8-10H2,2H3. The highest BCUT2D eigenvalue weighted by molar-refractivity contribution is 5.84. The Balaban J connectivity index is 2.45. The highest BCUT2D eigenvalue weighted by Crippen LogP contribution is 2.21. The van der Waals surface area contributed by atoms with E-state index in [-0.39, 0.29) is 0 Å².